The molecule has 0 aliphatic carbocycles. The molecule has 0 spiro atoms. The molecule has 0 fully saturated rings. The van der Waals surface area contributed by atoms with Crippen molar-refractivity contribution in [1.29, 1.82) is 0 Å². The highest BCUT2D eigenvalue weighted by atomic mass is 16.5. The molecule has 1 aromatic carbocycles. The molecule has 2 heterocycles. The van der Waals surface area contributed by atoms with Crippen molar-refractivity contribution in [3.05, 3.63) is 66.7 Å². The number of methoxy groups -OCH3 is 1. The van der Waals surface area contributed by atoms with E-state index < -0.39 is 0 Å². The molecule has 0 saturated carbocycles. The summed E-state index contributed by atoms with van der Waals surface area (Å²) in [6.07, 6.45) is 4.79. The van der Waals surface area contributed by atoms with Crippen LogP contribution in [0.5, 0.6) is 5.75 Å². The van der Waals surface area contributed by atoms with E-state index in [-0.39, 0.29) is 11.8 Å². The van der Waals surface area contributed by atoms with Gasteiger partial charge in [-0.3, -0.25) is 9.78 Å². The van der Waals surface area contributed by atoms with E-state index in [9.17, 15) is 4.79 Å². The average molecular weight is 334 g/mol. The Morgan fingerprint density at radius 3 is 2.76 bits per heavy atom. The van der Waals surface area contributed by atoms with Crippen molar-refractivity contribution in [2.24, 2.45) is 0 Å². The lowest BCUT2D eigenvalue weighted by molar-refractivity contribution is -0.117. The monoisotopic (exact) mass is 334 g/mol. The Morgan fingerprint density at radius 2 is 2.00 bits per heavy atom. The van der Waals surface area contributed by atoms with E-state index in [0.29, 0.717) is 17.3 Å². The Bertz CT molecular complexity index is 868. The van der Waals surface area contributed by atoms with Crippen LogP contribution in [0.15, 0.2) is 61.2 Å². The molecule has 126 valence electrons. The zero-order valence-electron chi connectivity index (χ0n) is 14.0. The van der Waals surface area contributed by atoms with Crippen molar-refractivity contribution in [1.82, 2.24) is 15.0 Å². The van der Waals surface area contributed by atoms with Gasteiger partial charge in [0.2, 0.25) is 5.91 Å². The van der Waals surface area contributed by atoms with Crippen LogP contribution in [-0.4, -0.2) is 28.0 Å². The van der Waals surface area contributed by atoms with Gasteiger partial charge in [0.15, 0.2) is 0 Å². The van der Waals surface area contributed by atoms with E-state index in [4.69, 9.17) is 4.74 Å². The van der Waals surface area contributed by atoms with Crippen molar-refractivity contribution in [2.45, 2.75) is 12.8 Å². The predicted molar refractivity (Wildman–Crippen MR) is 95.3 cm³/mol. The summed E-state index contributed by atoms with van der Waals surface area (Å²) >= 11 is 0. The first-order chi connectivity index (χ1) is 12.2. The fraction of sp³-hybridized carbons (Fsp3) is 0.158. The molecule has 0 aliphatic heterocycles. The molecule has 6 nitrogen and oxygen atoms in total. The number of benzene rings is 1. The van der Waals surface area contributed by atoms with Gasteiger partial charge >= 0.3 is 0 Å². The number of carbonyl (C=O) groups excluding carboxylic acids is 1. The van der Waals surface area contributed by atoms with Crippen LogP contribution in [0.25, 0.3) is 11.3 Å². The Morgan fingerprint density at radius 1 is 1.16 bits per heavy atom. The fourth-order valence-corrected chi connectivity index (χ4v) is 2.45. The molecule has 0 bridgehead atoms. The lowest BCUT2D eigenvalue weighted by Gasteiger charge is -2.12. The zero-order valence-corrected chi connectivity index (χ0v) is 14.0. The maximum Gasteiger partial charge on any atom is 0.232 e. The normalized spacial score (nSPS) is 11.6. The molecule has 1 amide bonds. The second-order valence-electron chi connectivity index (χ2n) is 5.49. The molecule has 3 rings (SSSR count). The molecule has 0 radical (unpaired) electrons. The number of ether oxygens (including phenoxy) is 1. The minimum atomic E-state index is -0.335. The third-order valence-corrected chi connectivity index (χ3v) is 3.88. The number of rotatable bonds is 5. The number of para-hydroxylation sites is 1. The summed E-state index contributed by atoms with van der Waals surface area (Å²) in [6, 6.07) is 13.0. The molecule has 6 heteroatoms. The molecule has 1 atom stereocenters. The van der Waals surface area contributed by atoms with Crippen molar-refractivity contribution >= 4 is 11.7 Å². The van der Waals surface area contributed by atoms with Gasteiger partial charge in [0.1, 0.15) is 17.9 Å². The molecule has 0 aliphatic rings. The van der Waals surface area contributed by atoms with Crippen LogP contribution in [-0.2, 0) is 4.79 Å². The van der Waals surface area contributed by atoms with Gasteiger partial charge in [-0.1, -0.05) is 18.2 Å². The molecule has 0 saturated heterocycles. The number of pyridine rings is 1. The third-order valence-electron chi connectivity index (χ3n) is 3.88. The lowest BCUT2D eigenvalue weighted by atomic mass is 10.0. The van der Waals surface area contributed by atoms with Crippen LogP contribution in [0.3, 0.4) is 0 Å². The average Bonchev–Trinajstić information content (AvgIpc) is 2.68. The number of aromatic nitrogens is 3. The molecular weight excluding hydrogens is 316 g/mol. The van der Waals surface area contributed by atoms with Gasteiger partial charge in [0.05, 0.1) is 18.7 Å². The lowest BCUT2D eigenvalue weighted by Crippen LogP contribution is -2.19. The first-order valence-electron chi connectivity index (χ1n) is 7.85. The van der Waals surface area contributed by atoms with E-state index in [1.165, 1.54) is 6.33 Å². The number of nitrogens with one attached hydrogen (secondary N) is 1. The molecule has 1 N–H and O–H groups in total. The molecule has 2 aromatic heterocycles. The van der Waals surface area contributed by atoms with Crippen molar-refractivity contribution in [2.75, 3.05) is 12.4 Å². The fourth-order valence-electron chi connectivity index (χ4n) is 2.45. The maximum atomic E-state index is 12.5. The van der Waals surface area contributed by atoms with E-state index >= 15 is 0 Å². The van der Waals surface area contributed by atoms with E-state index in [1.807, 2.05) is 43.3 Å². The van der Waals surface area contributed by atoms with E-state index in [0.717, 1.165) is 11.1 Å². The van der Waals surface area contributed by atoms with Crippen LogP contribution in [0, 0.1) is 0 Å². The van der Waals surface area contributed by atoms with Gasteiger partial charge in [-0.05, 0) is 30.7 Å². The van der Waals surface area contributed by atoms with Gasteiger partial charge < -0.3 is 10.1 Å². The summed E-state index contributed by atoms with van der Waals surface area (Å²) in [4.78, 5) is 24.9. The standard InChI is InChI=1S/C19H18N4O2/c1-13(14-6-5-9-20-11-14)19(24)23-18-10-16(21-12-22-18)15-7-3-4-8-17(15)25-2/h3-13H,1-2H3,(H,21,22,23,24). The number of anilines is 1. The molecule has 25 heavy (non-hydrogen) atoms. The van der Waals surface area contributed by atoms with Crippen LogP contribution >= 0.6 is 0 Å². The number of hydrogen-bond acceptors (Lipinski definition) is 5. The highest BCUT2D eigenvalue weighted by Crippen LogP contribution is 2.28. The summed E-state index contributed by atoms with van der Waals surface area (Å²) in [6.45, 7) is 1.83. The third kappa shape index (κ3) is 3.80. The van der Waals surface area contributed by atoms with Crippen LogP contribution in [0.2, 0.25) is 0 Å². The summed E-state index contributed by atoms with van der Waals surface area (Å²) in [5.41, 5.74) is 2.36. The SMILES string of the molecule is COc1ccccc1-c1cc(NC(=O)C(C)c2cccnc2)ncn1. The number of amides is 1. The second-order valence-corrected chi connectivity index (χ2v) is 5.49. The van der Waals surface area contributed by atoms with Crippen LogP contribution in [0.1, 0.15) is 18.4 Å². The largest absolute Gasteiger partial charge is 0.496 e. The van der Waals surface area contributed by atoms with E-state index in [1.54, 1.807) is 25.6 Å². The quantitative estimate of drug-likeness (QED) is 0.775. The Labute approximate surface area is 145 Å². The van der Waals surface area contributed by atoms with Crippen molar-refractivity contribution < 1.29 is 9.53 Å². The minimum absolute atomic E-state index is 0.155. The topological polar surface area (TPSA) is 77.0 Å². The Balaban J connectivity index is 1.81. The van der Waals surface area contributed by atoms with Crippen LogP contribution in [0.4, 0.5) is 5.82 Å². The minimum Gasteiger partial charge on any atom is -0.496 e. The summed E-state index contributed by atoms with van der Waals surface area (Å²) < 4.78 is 5.36. The Kier molecular flexibility index (Phi) is 4.99. The van der Waals surface area contributed by atoms with Crippen molar-refractivity contribution in [3.63, 3.8) is 0 Å². The van der Waals surface area contributed by atoms with Crippen molar-refractivity contribution in [3.8, 4) is 17.0 Å². The number of nitrogens with zero attached hydrogens (tertiary/aromatic N) is 3. The first kappa shape index (κ1) is 16.6. The van der Waals surface area contributed by atoms with Gasteiger partial charge in [0.25, 0.3) is 0 Å². The predicted octanol–water partition coefficient (Wildman–Crippen LogP) is 3.29. The van der Waals surface area contributed by atoms with Crippen LogP contribution < -0.4 is 10.1 Å². The Hall–Kier alpha value is -3.28. The maximum absolute atomic E-state index is 12.5. The van der Waals surface area contributed by atoms with Gasteiger partial charge in [-0.2, -0.15) is 0 Å². The molecule has 3 aromatic rings. The smallest absolute Gasteiger partial charge is 0.232 e. The summed E-state index contributed by atoms with van der Waals surface area (Å²) in [7, 11) is 1.61. The van der Waals surface area contributed by atoms with Gasteiger partial charge in [-0.15, -0.1) is 0 Å². The highest BCUT2D eigenvalue weighted by molar-refractivity contribution is 5.95. The van der Waals surface area contributed by atoms with Gasteiger partial charge in [-0.25, -0.2) is 9.97 Å². The first-order valence-corrected chi connectivity index (χ1v) is 7.85. The zero-order chi connectivity index (χ0) is 17.6. The molecular formula is C19H18N4O2. The number of hydrogen-bond donors (Lipinski definition) is 1. The summed E-state index contributed by atoms with van der Waals surface area (Å²) in [5, 5.41) is 2.83. The molecule has 1 unspecified atom stereocenters. The highest BCUT2D eigenvalue weighted by Gasteiger charge is 2.16. The van der Waals surface area contributed by atoms with E-state index in [2.05, 4.69) is 20.3 Å². The summed E-state index contributed by atoms with van der Waals surface area (Å²) in [5.74, 6) is 0.662. The second kappa shape index (κ2) is 7.53. The van der Waals surface area contributed by atoms with Gasteiger partial charge in [0, 0.05) is 24.0 Å². The number of carbonyl (C=O) groups is 1.